The fraction of sp³-hybridized carbons (Fsp3) is 0. The van der Waals surface area contributed by atoms with Gasteiger partial charge in [0.25, 0.3) is 0 Å². The summed E-state index contributed by atoms with van der Waals surface area (Å²) in [5.74, 6) is -1.39. The van der Waals surface area contributed by atoms with Gasteiger partial charge in [-0.1, -0.05) is 0 Å². The first-order valence-electron chi connectivity index (χ1n) is 3.68. The zero-order valence-electron chi connectivity index (χ0n) is 6.57. The van der Waals surface area contributed by atoms with Crippen molar-refractivity contribution in [3.63, 3.8) is 0 Å². The highest BCUT2D eigenvalue weighted by Gasteiger charge is 2.08. The number of carbonyl (C=O) groups is 1. The van der Waals surface area contributed by atoms with E-state index in [1.54, 1.807) is 0 Å². The zero-order valence-corrected chi connectivity index (χ0v) is 6.57. The third kappa shape index (κ3) is 1.16. The summed E-state index contributed by atoms with van der Waals surface area (Å²) in [7, 11) is 0. The highest BCUT2D eigenvalue weighted by atomic mass is 19.1. The van der Waals surface area contributed by atoms with E-state index in [-0.39, 0.29) is 11.4 Å². The second-order valence-corrected chi connectivity index (χ2v) is 2.67. The van der Waals surface area contributed by atoms with Gasteiger partial charge in [-0.3, -0.25) is 0 Å². The molecule has 2 rings (SSSR count). The Balaban J connectivity index is 2.76. The minimum atomic E-state index is -1.01. The normalized spacial score (nSPS) is 10.5. The molecule has 0 unspecified atom stereocenters. The number of hydrogen-bond donors (Lipinski definition) is 1. The van der Waals surface area contributed by atoms with Gasteiger partial charge >= 0.3 is 5.97 Å². The highest BCUT2D eigenvalue weighted by Crippen LogP contribution is 2.13. The molecule has 0 spiro atoms. The number of pyridine rings is 1. The Morgan fingerprint density at radius 2 is 2.15 bits per heavy atom. The van der Waals surface area contributed by atoms with Gasteiger partial charge in [-0.25, -0.2) is 9.18 Å². The van der Waals surface area contributed by atoms with E-state index >= 15 is 0 Å². The summed E-state index contributed by atoms with van der Waals surface area (Å²) in [5, 5.41) is 8.73. The van der Waals surface area contributed by atoms with Crippen molar-refractivity contribution in [1.82, 2.24) is 4.40 Å². The first-order chi connectivity index (χ1) is 6.18. The van der Waals surface area contributed by atoms with Gasteiger partial charge in [0.05, 0.1) is 11.1 Å². The monoisotopic (exact) mass is 179 g/mol. The SMILES string of the molecule is O=C(O)c1ccn2cc(F)ccc12. The van der Waals surface area contributed by atoms with Crippen LogP contribution in [-0.4, -0.2) is 15.5 Å². The van der Waals surface area contributed by atoms with Gasteiger partial charge in [-0.05, 0) is 18.2 Å². The molecular formula is C9H6FNO2. The van der Waals surface area contributed by atoms with Crippen LogP contribution in [0.15, 0.2) is 30.6 Å². The molecule has 0 aliphatic heterocycles. The second kappa shape index (κ2) is 2.58. The quantitative estimate of drug-likeness (QED) is 0.724. The van der Waals surface area contributed by atoms with Crippen LogP contribution in [0.2, 0.25) is 0 Å². The van der Waals surface area contributed by atoms with Crippen molar-refractivity contribution in [3.05, 3.63) is 42.0 Å². The van der Waals surface area contributed by atoms with Crippen LogP contribution in [0.3, 0.4) is 0 Å². The van der Waals surface area contributed by atoms with Crippen LogP contribution in [0, 0.1) is 5.82 Å². The van der Waals surface area contributed by atoms with E-state index < -0.39 is 5.97 Å². The number of fused-ring (bicyclic) bond motifs is 1. The van der Waals surface area contributed by atoms with E-state index in [2.05, 4.69) is 0 Å². The Morgan fingerprint density at radius 3 is 2.85 bits per heavy atom. The molecule has 4 heteroatoms. The third-order valence-electron chi connectivity index (χ3n) is 1.85. The molecule has 66 valence electrons. The molecule has 3 nitrogen and oxygen atoms in total. The van der Waals surface area contributed by atoms with Crippen LogP contribution < -0.4 is 0 Å². The molecule has 13 heavy (non-hydrogen) atoms. The molecule has 2 aromatic heterocycles. The Labute approximate surface area is 73.0 Å². The van der Waals surface area contributed by atoms with Gasteiger partial charge in [0.2, 0.25) is 0 Å². The standard InChI is InChI=1S/C9H6FNO2/c10-6-1-2-8-7(9(12)13)3-4-11(8)5-6/h1-5H,(H,12,13). The Bertz CT molecular complexity index is 475. The lowest BCUT2D eigenvalue weighted by Crippen LogP contribution is -1.95. The van der Waals surface area contributed by atoms with Crippen LogP contribution >= 0.6 is 0 Å². The maximum atomic E-state index is 12.7. The van der Waals surface area contributed by atoms with E-state index in [1.165, 1.54) is 35.0 Å². The molecule has 0 aromatic carbocycles. The molecule has 0 saturated heterocycles. The summed E-state index contributed by atoms with van der Waals surface area (Å²) in [4.78, 5) is 10.7. The Kier molecular flexibility index (Phi) is 1.55. The molecule has 0 radical (unpaired) electrons. The molecule has 0 fully saturated rings. The minimum Gasteiger partial charge on any atom is -0.478 e. The molecule has 2 heterocycles. The zero-order chi connectivity index (χ0) is 9.42. The maximum absolute atomic E-state index is 12.7. The fourth-order valence-electron chi connectivity index (χ4n) is 1.26. The predicted octanol–water partition coefficient (Wildman–Crippen LogP) is 1.78. The van der Waals surface area contributed by atoms with Crippen molar-refractivity contribution in [3.8, 4) is 0 Å². The highest BCUT2D eigenvalue weighted by molar-refractivity contribution is 5.95. The molecule has 0 atom stereocenters. The van der Waals surface area contributed by atoms with Gasteiger partial charge in [0, 0.05) is 12.4 Å². The number of carboxylic acid groups (broad SMARTS) is 1. The van der Waals surface area contributed by atoms with Crippen LogP contribution in [-0.2, 0) is 0 Å². The molecular weight excluding hydrogens is 173 g/mol. The molecule has 1 N–H and O–H groups in total. The van der Waals surface area contributed by atoms with Gasteiger partial charge < -0.3 is 9.51 Å². The van der Waals surface area contributed by atoms with E-state index in [9.17, 15) is 9.18 Å². The Morgan fingerprint density at radius 1 is 1.38 bits per heavy atom. The summed E-state index contributed by atoms with van der Waals surface area (Å²) < 4.78 is 14.1. The van der Waals surface area contributed by atoms with Crippen molar-refractivity contribution >= 4 is 11.5 Å². The summed E-state index contributed by atoms with van der Waals surface area (Å²) in [6.45, 7) is 0. The van der Waals surface area contributed by atoms with Crippen LogP contribution in [0.5, 0.6) is 0 Å². The van der Waals surface area contributed by atoms with Gasteiger partial charge in [-0.2, -0.15) is 0 Å². The summed E-state index contributed by atoms with van der Waals surface area (Å²) in [5.41, 5.74) is 0.675. The minimum absolute atomic E-state index is 0.181. The van der Waals surface area contributed by atoms with Crippen molar-refractivity contribution in [1.29, 1.82) is 0 Å². The second-order valence-electron chi connectivity index (χ2n) is 2.67. The lowest BCUT2D eigenvalue weighted by Gasteiger charge is -1.95. The molecule has 0 amide bonds. The number of rotatable bonds is 1. The van der Waals surface area contributed by atoms with Crippen molar-refractivity contribution < 1.29 is 14.3 Å². The summed E-state index contributed by atoms with van der Waals surface area (Å²) in [6, 6.07) is 4.12. The first kappa shape index (κ1) is 7.79. The Hall–Kier alpha value is -1.84. The third-order valence-corrected chi connectivity index (χ3v) is 1.85. The average molecular weight is 179 g/mol. The van der Waals surface area contributed by atoms with Crippen LogP contribution in [0.4, 0.5) is 4.39 Å². The van der Waals surface area contributed by atoms with Gasteiger partial charge in [0.1, 0.15) is 5.82 Å². The molecule has 0 bridgehead atoms. The van der Waals surface area contributed by atoms with Crippen LogP contribution in [0.1, 0.15) is 10.4 Å². The van der Waals surface area contributed by atoms with E-state index in [4.69, 9.17) is 5.11 Å². The number of carboxylic acids is 1. The van der Waals surface area contributed by atoms with Gasteiger partial charge in [0.15, 0.2) is 0 Å². The maximum Gasteiger partial charge on any atom is 0.337 e. The molecule has 0 aliphatic rings. The number of halogens is 1. The number of aromatic carboxylic acids is 1. The lowest BCUT2D eigenvalue weighted by molar-refractivity contribution is 0.0699. The lowest BCUT2D eigenvalue weighted by atomic mass is 10.2. The average Bonchev–Trinajstić information content (AvgIpc) is 2.46. The van der Waals surface area contributed by atoms with E-state index in [0.717, 1.165) is 0 Å². The molecule has 0 saturated carbocycles. The summed E-state index contributed by atoms with van der Waals surface area (Å²) in [6.07, 6.45) is 2.75. The first-order valence-corrected chi connectivity index (χ1v) is 3.68. The smallest absolute Gasteiger partial charge is 0.337 e. The van der Waals surface area contributed by atoms with Gasteiger partial charge in [-0.15, -0.1) is 0 Å². The van der Waals surface area contributed by atoms with Crippen LogP contribution in [0.25, 0.3) is 5.52 Å². The van der Waals surface area contributed by atoms with Crippen molar-refractivity contribution in [2.75, 3.05) is 0 Å². The van der Waals surface area contributed by atoms with E-state index in [1.807, 2.05) is 0 Å². The van der Waals surface area contributed by atoms with Crippen molar-refractivity contribution in [2.24, 2.45) is 0 Å². The predicted molar refractivity (Wildman–Crippen MR) is 44.3 cm³/mol. The van der Waals surface area contributed by atoms with Crippen molar-refractivity contribution in [2.45, 2.75) is 0 Å². The molecule has 0 aliphatic carbocycles. The number of nitrogens with zero attached hydrogens (tertiary/aromatic N) is 1. The topological polar surface area (TPSA) is 41.7 Å². The summed E-state index contributed by atoms with van der Waals surface area (Å²) >= 11 is 0. The number of hydrogen-bond acceptors (Lipinski definition) is 1. The largest absolute Gasteiger partial charge is 0.478 e. The number of aromatic nitrogens is 1. The fourth-order valence-corrected chi connectivity index (χ4v) is 1.26. The van der Waals surface area contributed by atoms with E-state index in [0.29, 0.717) is 5.52 Å². The molecule has 2 aromatic rings.